The molecule has 3 N–H and O–H groups in total. The molecule has 3 fully saturated rings. The summed E-state index contributed by atoms with van der Waals surface area (Å²) in [5.74, 6) is -4.96. The van der Waals surface area contributed by atoms with Crippen LogP contribution in [-0.4, -0.2) is 112 Å². The third-order valence-corrected chi connectivity index (χ3v) is 15.2. The van der Waals surface area contributed by atoms with Gasteiger partial charge in [0.1, 0.15) is 46.4 Å². The van der Waals surface area contributed by atoms with Crippen molar-refractivity contribution in [1.82, 2.24) is 24.8 Å². The smallest absolute Gasteiger partial charge is 0.411 e. The topological polar surface area (TPSA) is 185 Å². The normalized spacial score (nSPS) is 28.1. The lowest BCUT2D eigenvalue weighted by molar-refractivity contribution is -0.222. The van der Waals surface area contributed by atoms with Gasteiger partial charge < -0.3 is 24.8 Å². The first-order chi connectivity index (χ1) is 28.4. The van der Waals surface area contributed by atoms with Crippen molar-refractivity contribution >= 4 is 67.9 Å². The summed E-state index contributed by atoms with van der Waals surface area (Å²) >= 11 is 13.4. The number of hydrogen-bond acceptors (Lipinski definition) is 9. The molecule has 336 valence electrons. The quantitative estimate of drug-likeness (QED) is 0.130. The Morgan fingerprint density at radius 2 is 1.84 bits per heavy atom. The number of carbonyl (C=O) groups excluding carboxylic acids is 3. The highest BCUT2D eigenvalue weighted by Crippen LogP contribution is 2.49. The van der Waals surface area contributed by atoms with Crippen molar-refractivity contribution in [3.8, 4) is 11.5 Å². The van der Waals surface area contributed by atoms with Gasteiger partial charge in [-0.1, -0.05) is 49.2 Å². The minimum atomic E-state index is -5.15. The number of amides is 4. The summed E-state index contributed by atoms with van der Waals surface area (Å²) in [5, 5.41) is 13.3. The average molecular weight is 923 g/mol. The molecule has 6 rings (SSSR count). The lowest BCUT2D eigenvalue weighted by atomic mass is 9.85. The standard InChI is InChI=1S/C40H49Cl2F4N5O9S/c1-6-59-24-11-12-27-26(16-24)29(41)31(32(42)47-27)60-25-17-28-33(52)48-39(35(54)49-61(57,58)38(20-43)13-14-38)18-23(39)10-8-7-9-21(2)15-22(3)30(34(53)50(28)19-25)51(36(55)56)37(4,5)40(44,45)46/h8,10-12,16,21-23,25,28,30H,6-7,9,13-15,17-20H2,1-5H3,(H,48,52)(H,49,54)(H,55,56)/t21-,22-,23-,25-,28+,30+,39-/m1/s1. The fraction of sp³-hybridized carbons (Fsp3) is 0.625. The number of rotatable bonds is 10. The number of carboxylic acid groups (broad SMARTS) is 1. The fourth-order valence-electron chi connectivity index (χ4n) is 8.42. The maximum atomic E-state index is 15.0. The highest BCUT2D eigenvalue weighted by Gasteiger charge is 2.64. The van der Waals surface area contributed by atoms with Gasteiger partial charge in [0.2, 0.25) is 21.8 Å². The Bertz CT molecular complexity index is 2230. The molecule has 1 aromatic heterocycles. The minimum absolute atomic E-state index is 0.00703. The van der Waals surface area contributed by atoms with Crippen LogP contribution in [0.1, 0.15) is 79.6 Å². The summed E-state index contributed by atoms with van der Waals surface area (Å²) in [6, 6.07) is 1.29. The zero-order chi connectivity index (χ0) is 45.0. The van der Waals surface area contributed by atoms with E-state index in [0.717, 1.165) is 4.90 Å². The lowest BCUT2D eigenvalue weighted by Gasteiger charge is -2.45. The summed E-state index contributed by atoms with van der Waals surface area (Å²) in [7, 11) is -4.53. The maximum Gasteiger partial charge on any atom is 0.411 e. The first kappa shape index (κ1) is 46.4. The second-order valence-electron chi connectivity index (χ2n) is 17.1. The number of ether oxygens (including phenoxy) is 2. The molecule has 61 heavy (non-hydrogen) atoms. The average Bonchev–Trinajstić information content (AvgIpc) is 4.07. The molecule has 1 saturated heterocycles. The molecular formula is C40H49Cl2F4N5O9S. The van der Waals surface area contributed by atoms with Gasteiger partial charge in [0.15, 0.2) is 10.9 Å². The van der Waals surface area contributed by atoms with Crippen molar-refractivity contribution in [3.63, 3.8) is 0 Å². The molecule has 0 bridgehead atoms. The Morgan fingerprint density at radius 1 is 1.15 bits per heavy atom. The van der Waals surface area contributed by atoms with Gasteiger partial charge in [-0.15, -0.1) is 0 Å². The fourth-order valence-corrected chi connectivity index (χ4v) is 10.4. The predicted molar refractivity (Wildman–Crippen MR) is 217 cm³/mol. The van der Waals surface area contributed by atoms with E-state index < -0.39 is 99.1 Å². The Hall–Kier alpha value is -4.10. The van der Waals surface area contributed by atoms with Crippen molar-refractivity contribution in [2.45, 2.75) is 120 Å². The molecule has 2 saturated carbocycles. The van der Waals surface area contributed by atoms with E-state index in [1.54, 1.807) is 44.2 Å². The number of carbonyl (C=O) groups is 4. The van der Waals surface area contributed by atoms with Gasteiger partial charge >= 0.3 is 12.3 Å². The van der Waals surface area contributed by atoms with E-state index in [0.29, 0.717) is 49.9 Å². The van der Waals surface area contributed by atoms with Crippen LogP contribution in [-0.2, 0) is 24.4 Å². The number of alkyl halides is 4. The van der Waals surface area contributed by atoms with E-state index in [-0.39, 0.29) is 58.8 Å². The van der Waals surface area contributed by atoms with Crippen LogP contribution in [0, 0.1) is 17.8 Å². The van der Waals surface area contributed by atoms with Gasteiger partial charge in [0.05, 0.1) is 23.7 Å². The number of allylic oxidation sites excluding steroid dienone is 1. The second kappa shape index (κ2) is 16.9. The highest BCUT2D eigenvalue weighted by atomic mass is 35.5. The van der Waals surface area contributed by atoms with Crippen LogP contribution in [0.3, 0.4) is 0 Å². The molecule has 2 aromatic rings. The van der Waals surface area contributed by atoms with E-state index in [2.05, 4.69) is 10.3 Å². The molecule has 2 aliphatic carbocycles. The molecule has 0 radical (unpaired) electrons. The number of nitrogens with zero attached hydrogens (tertiary/aromatic N) is 3. The largest absolute Gasteiger partial charge is 0.494 e. The SMILES string of the molecule is CCOc1ccc2nc(Cl)c(O[C@@H]3C[C@H]4C(=O)N[C@]5(C(=O)NS(=O)(=O)C6(CF)CC6)C[C@H]5C=CCC[C@@H](C)C[C@@H](C)[C@H](N(C(=O)O)C(C)(C)C(F)(F)F)C(=O)N4C3)c(Cl)c2c1. The first-order valence-electron chi connectivity index (χ1n) is 20.0. The summed E-state index contributed by atoms with van der Waals surface area (Å²) in [5.41, 5.74) is -4.59. The Balaban J connectivity index is 1.43. The summed E-state index contributed by atoms with van der Waals surface area (Å²) in [6.07, 6.45) is -4.47. The van der Waals surface area contributed by atoms with Gasteiger partial charge in [0, 0.05) is 17.7 Å². The minimum Gasteiger partial charge on any atom is -0.494 e. The molecule has 3 heterocycles. The Kier molecular flexibility index (Phi) is 12.8. The van der Waals surface area contributed by atoms with Gasteiger partial charge in [-0.3, -0.25) is 24.0 Å². The van der Waals surface area contributed by atoms with Crippen molar-refractivity contribution in [2.75, 3.05) is 19.8 Å². The summed E-state index contributed by atoms with van der Waals surface area (Å²) in [6.45, 7) is 4.98. The van der Waals surface area contributed by atoms with E-state index in [9.17, 15) is 45.5 Å². The van der Waals surface area contributed by atoms with Crippen molar-refractivity contribution in [1.29, 1.82) is 0 Å². The van der Waals surface area contributed by atoms with Gasteiger partial charge in [0.25, 0.3) is 5.91 Å². The van der Waals surface area contributed by atoms with Crippen LogP contribution in [0.25, 0.3) is 10.9 Å². The Labute approximate surface area is 360 Å². The lowest BCUT2D eigenvalue weighted by Crippen LogP contribution is -2.66. The van der Waals surface area contributed by atoms with Gasteiger partial charge in [-0.25, -0.2) is 22.6 Å². The highest BCUT2D eigenvalue weighted by molar-refractivity contribution is 7.91. The van der Waals surface area contributed by atoms with E-state index in [4.69, 9.17) is 32.7 Å². The number of benzene rings is 1. The van der Waals surface area contributed by atoms with Gasteiger partial charge in [-0.2, -0.15) is 13.2 Å². The zero-order valence-corrected chi connectivity index (χ0v) is 36.5. The summed E-state index contributed by atoms with van der Waals surface area (Å²) < 4.78 is 96.5. The molecule has 2 aliphatic heterocycles. The van der Waals surface area contributed by atoms with Crippen LogP contribution in [0.5, 0.6) is 11.5 Å². The number of aromatic nitrogens is 1. The predicted octanol–water partition coefficient (Wildman–Crippen LogP) is 6.81. The molecule has 0 spiro atoms. The molecule has 7 atom stereocenters. The molecule has 21 heteroatoms. The van der Waals surface area contributed by atoms with Crippen molar-refractivity contribution in [3.05, 3.63) is 40.5 Å². The first-order valence-corrected chi connectivity index (χ1v) is 22.3. The molecule has 1 aromatic carbocycles. The number of fused-ring (bicyclic) bond motifs is 3. The second-order valence-corrected chi connectivity index (χ2v) is 20.0. The summed E-state index contributed by atoms with van der Waals surface area (Å²) in [4.78, 5) is 61.9. The van der Waals surface area contributed by atoms with Crippen molar-refractivity contribution < 1.29 is 59.7 Å². The molecule has 14 nitrogen and oxygen atoms in total. The van der Waals surface area contributed by atoms with Crippen LogP contribution < -0.4 is 19.5 Å². The zero-order valence-electron chi connectivity index (χ0n) is 34.2. The molecule has 4 amide bonds. The third-order valence-electron chi connectivity index (χ3n) is 12.4. The van der Waals surface area contributed by atoms with Crippen LogP contribution >= 0.6 is 23.2 Å². The number of hydrogen-bond donors (Lipinski definition) is 3. The molecule has 4 aliphatic rings. The van der Waals surface area contributed by atoms with Crippen LogP contribution in [0.15, 0.2) is 30.4 Å². The number of nitrogens with one attached hydrogen (secondary N) is 2. The van der Waals surface area contributed by atoms with Crippen LogP contribution in [0.4, 0.5) is 22.4 Å². The molecular weight excluding hydrogens is 873 g/mol. The number of sulfonamides is 1. The number of pyridine rings is 1. The number of halogens is 6. The monoisotopic (exact) mass is 921 g/mol. The van der Waals surface area contributed by atoms with E-state index >= 15 is 4.79 Å². The maximum absolute atomic E-state index is 15.0. The molecule has 0 unspecified atom stereocenters. The third kappa shape index (κ3) is 8.79. The van der Waals surface area contributed by atoms with Crippen LogP contribution in [0.2, 0.25) is 10.2 Å². The van der Waals surface area contributed by atoms with E-state index in [1.165, 1.54) is 6.92 Å². The van der Waals surface area contributed by atoms with Crippen molar-refractivity contribution in [2.24, 2.45) is 17.8 Å². The van der Waals surface area contributed by atoms with E-state index in [1.807, 2.05) is 4.72 Å². The Morgan fingerprint density at radius 3 is 2.44 bits per heavy atom. The van der Waals surface area contributed by atoms with Gasteiger partial charge in [-0.05, 0) is 89.3 Å².